The summed E-state index contributed by atoms with van der Waals surface area (Å²) in [5, 5.41) is 28.1. The van der Waals surface area contributed by atoms with E-state index in [9.17, 15) is 5.11 Å². The molecule has 0 bridgehead atoms. The third-order valence-electron chi connectivity index (χ3n) is 5.75. The molecule has 0 spiro atoms. The third kappa shape index (κ3) is 4.04. The number of aromatic amines is 1. The number of benzene rings is 1. The lowest BCUT2D eigenvalue weighted by atomic mass is 9.98. The summed E-state index contributed by atoms with van der Waals surface area (Å²) in [7, 11) is 0. The van der Waals surface area contributed by atoms with E-state index in [0.29, 0.717) is 33.8 Å². The molecule has 2 aliphatic rings. The number of H-pyrrole nitrogens is 1. The molecule has 2 unspecified atom stereocenters. The Morgan fingerprint density at radius 2 is 2.06 bits per heavy atom. The molecule has 31 heavy (non-hydrogen) atoms. The number of aliphatic hydroxyl groups is 1. The third-order valence-corrected chi connectivity index (χ3v) is 6.05. The first-order chi connectivity index (χ1) is 15.1. The predicted octanol–water partition coefficient (Wildman–Crippen LogP) is 3.44. The maximum absolute atomic E-state index is 11.0. The molecule has 9 nitrogen and oxygen atoms in total. The van der Waals surface area contributed by atoms with E-state index in [4.69, 9.17) is 21.0 Å². The van der Waals surface area contributed by atoms with Crippen molar-refractivity contribution in [2.24, 2.45) is 4.99 Å². The van der Waals surface area contributed by atoms with Crippen LogP contribution in [0, 0.1) is 0 Å². The number of halogens is 1. The first-order valence-corrected chi connectivity index (χ1v) is 10.8. The van der Waals surface area contributed by atoms with Crippen LogP contribution in [0.4, 0.5) is 6.01 Å². The molecule has 1 aromatic carbocycles. The van der Waals surface area contributed by atoms with Crippen LogP contribution in [-0.4, -0.2) is 38.5 Å². The Morgan fingerprint density at radius 3 is 2.81 bits per heavy atom. The number of nitrogens with zero attached hydrogens (tertiary/aromatic N) is 3. The highest BCUT2D eigenvalue weighted by atomic mass is 35.5. The average molecular weight is 442 g/mol. The number of nitrogens with one attached hydrogen (secondary N) is 4. The van der Waals surface area contributed by atoms with Crippen molar-refractivity contribution >= 4 is 34.7 Å². The van der Waals surface area contributed by atoms with Gasteiger partial charge in [-0.2, -0.15) is 10.1 Å². The van der Waals surface area contributed by atoms with Gasteiger partial charge in [-0.05, 0) is 31.9 Å². The lowest BCUT2D eigenvalue weighted by molar-refractivity contribution is 0.148. The van der Waals surface area contributed by atoms with Gasteiger partial charge in [0.15, 0.2) is 5.58 Å². The van der Waals surface area contributed by atoms with Crippen molar-refractivity contribution in [3.05, 3.63) is 52.4 Å². The second-order valence-electron chi connectivity index (χ2n) is 7.88. The van der Waals surface area contributed by atoms with E-state index >= 15 is 0 Å². The summed E-state index contributed by atoms with van der Waals surface area (Å²) in [6.07, 6.45) is 5.13. The molecule has 1 saturated carbocycles. The first-order valence-electron chi connectivity index (χ1n) is 10.4. The van der Waals surface area contributed by atoms with Crippen LogP contribution in [0.15, 0.2) is 51.1 Å². The minimum atomic E-state index is -0.866. The first kappa shape index (κ1) is 20.0. The van der Waals surface area contributed by atoms with Crippen LogP contribution < -0.4 is 16.0 Å². The largest absolute Gasteiger partial charge is 0.423 e. The zero-order chi connectivity index (χ0) is 21.4. The SMILES string of the molecule is CC1=C(C(O)NC2CCCC2)C(c2[nH]ncc2Cl)N=C(Nc2nc3ccccc3o2)N1. The number of allylic oxidation sites excluding steroid dienone is 1. The minimum absolute atomic E-state index is 0.288. The number of anilines is 1. The van der Waals surface area contributed by atoms with E-state index in [1.54, 1.807) is 0 Å². The lowest BCUT2D eigenvalue weighted by Crippen LogP contribution is -2.44. The smallest absolute Gasteiger partial charge is 0.302 e. The van der Waals surface area contributed by atoms with Crippen molar-refractivity contribution in [1.82, 2.24) is 25.8 Å². The Labute approximate surface area is 184 Å². The number of rotatable bonds is 5. The molecular weight excluding hydrogens is 418 g/mol. The summed E-state index contributed by atoms with van der Waals surface area (Å²) in [6, 6.07) is 7.58. The lowest BCUT2D eigenvalue weighted by Gasteiger charge is -2.30. The van der Waals surface area contributed by atoms with Gasteiger partial charge < -0.3 is 14.8 Å². The van der Waals surface area contributed by atoms with Crippen LogP contribution in [0.3, 0.4) is 0 Å². The Hall–Kier alpha value is -2.88. The number of oxazole rings is 1. The van der Waals surface area contributed by atoms with E-state index in [0.717, 1.165) is 24.1 Å². The number of hydrogen-bond acceptors (Lipinski definition) is 8. The van der Waals surface area contributed by atoms with Gasteiger partial charge in [-0.3, -0.25) is 15.7 Å². The van der Waals surface area contributed by atoms with Gasteiger partial charge >= 0.3 is 6.01 Å². The highest BCUT2D eigenvalue weighted by Crippen LogP contribution is 2.35. The predicted molar refractivity (Wildman–Crippen MR) is 119 cm³/mol. The number of guanidine groups is 1. The molecule has 0 amide bonds. The number of aliphatic imine (C=N–C) groups is 1. The van der Waals surface area contributed by atoms with Crippen molar-refractivity contribution in [1.29, 1.82) is 0 Å². The van der Waals surface area contributed by atoms with E-state index < -0.39 is 12.3 Å². The van der Waals surface area contributed by atoms with E-state index in [-0.39, 0.29) is 6.04 Å². The second kappa shape index (κ2) is 8.33. The van der Waals surface area contributed by atoms with Crippen LogP contribution in [-0.2, 0) is 0 Å². The average Bonchev–Trinajstić information content (AvgIpc) is 3.48. The molecule has 1 fully saturated rings. The molecule has 2 atom stereocenters. The Balaban J connectivity index is 1.44. The molecule has 1 aliphatic heterocycles. The molecule has 3 aromatic rings. The number of para-hydroxylation sites is 2. The number of fused-ring (bicyclic) bond motifs is 1. The molecule has 0 saturated heterocycles. The number of aliphatic hydroxyl groups excluding tert-OH is 1. The fourth-order valence-corrected chi connectivity index (χ4v) is 4.42. The van der Waals surface area contributed by atoms with Crippen LogP contribution in [0.1, 0.15) is 44.3 Å². The van der Waals surface area contributed by atoms with Crippen molar-refractivity contribution in [3.63, 3.8) is 0 Å². The molecule has 3 heterocycles. The fourth-order valence-electron chi connectivity index (χ4n) is 4.23. The van der Waals surface area contributed by atoms with Gasteiger partial charge in [-0.25, -0.2) is 4.99 Å². The zero-order valence-electron chi connectivity index (χ0n) is 17.0. The summed E-state index contributed by atoms with van der Waals surface area (Å²) >= 11 is 6.36. The number of aromatic nitrogens is 3. The summed E-state index contributed by atoms with van der Waals surface area (Å²) < 4.78 is 5.75. The minimum Gasteiger partial charge on any atom is -0.423 e. The monoisotopic (exact) mass is 441 g/mol. The molecule has 5 N–H and O–H groups in total. The van der Waals surface area contributed by atoms with Crippen molar-refractivity contribution in [3.8, 4) is 0 Å². The maximum Gasteiger partial charge on any atom is 0.302 e. The molecule has 162 valence electrons. The fraction of sp³-hybridized carbons (Fsp3) is 0.381. The van der Waals surface area contributed by atoms with E-state index in [1.807, 2.05) is 31.2 Å². The summed E-state index contributed by atoms with van der Waals surface area (Å²) in [5.74, 6) is 0.441. The van der Waals surface area contributed by atoms with Gasteiger partial charge in [-0.15, -0.1) is 0 Å². The normalized spacial score (nSPS) is 20.7. The van der Waals surface area contributed by atoms with Crippen LogP contribution in [0.5, 0.6) is 0 Å². The van der Waals surface area contributed by atoms with Gasteiger partial charge in [0.2, 0.25) is 5.96 Å². The van der Waals surface area contributed by atoms with Crippen molar-refractivity contribution in [2.75, 3.05) is 5.32 Å². The molecule has 0 radical (unpaired) electrons. The highest BCUT2D eigenvalue weighted by Gasteiger charge is 2.33. The standard InChI is InChI=1S/C21H24ClN7O2/c1-11-16(19(30)25-12-6-2-3-7-12)18(17-13(22)10-23-29-17)27-20(24-11)28-21-26-14-8-4-5-9-15(14)31-21/h4-5,8-10,12,18-19,25,30H,2-3,6-7H2,1H3,(H,23,29)(H2,24,26,27,28). The van der Waals surface area contributed by atoms with Crippen molar-refractivity contribution < 1.29 is 9.52 Å². The highest BCUT2D eigenvalue weighted by molar-refractivity contribution is 6.31. The van der Waals surface area contributed by atoms with Gasteiger partial charge in [0.25, 0.3) is 0 Å². The summed E-state index contributed by atoms with van der Waals surface area (Å²) in [6.45, 7) is 1.90. The van der Waals surface area contributed by atoms with E-state index in [1.165, 1.54) is 19.0 Å². The summed E-state index contributed by atoms with van der Waals surface area (Å²) in [5.41, 5.74) is 3.50. The van der Waals surface area contributed by atoms with Crippen LogP contribution in [0.25, 0.3) is 11.1 Å². The molecule has 2 aromatic heterocycles. The summed E-state index contributed by atoms with van der Waals surface area (Å²) in [4.78, 5) is 9.20. The molecule has 1 aliphatic carbocycles. The Bertz CT molecular complexity index is 1110. The zero-order valence-corrected chi connectivity index (χ0v) is 17.8. The van der Waals surface area contributed by atoms with Gasteiger partial charge in [0.1, 0.15) is 17.8 Å². The van der Waals surface area contributed by atoms with Crippen LogP contribution >= 0.6 is 11.6 Å². The molecular formula is C21H24ClN7O2. The molecule has 10 heteroatoms. The Kier molecular flexibility index (Phi) is 5.39. The molecule has 5 rings (SSSR count). The van der Waals surface area contributed by atoms with Gasteiger partial charge in [0.05, 0.1) is 16.9 Å². The Morgan fingerprint density at radius 1 is 1.26 bits per heavy atom. The van der Waals surface area contributed by atoms with Crippen molar-refractivity contribution in [2.45, 2.75) is 50.9 Å². The topological polar surface area (TPSA) is 123 Å². The number of hydrogen-bond donors (Lipinski definition) is 5. The second-order valence-corrected chi connectivity index (χ2v) is 8.29. The van der Waals surface area contributed by atoms with Gasteiger partial charge in [0, 0.05) is 17.3 Å². The maximum atomic E-state index is 11.0. The quantitative estimate of drug-likeness (QED) is 0.384. The van der Waals surface area contributed by atoms with Gasteiger partial charge in [-0.1, -0.05) is 36.6 Å². The van der Waals surface area contributed by atoms with E-state index in [2.05, 4.69) is 31.1 Å². The van der Waals surface area contributed by atoms with Crippen LogP contribution in [0.2, 0.25) is 5.02 Å².